The maximum absolute atomic E-state index is 6.01. The zero-order valence-electron chi connectivity index (χ0n) is 19.6. The number of ether oxygens (including phenoxy) is 1. The van der Waals surface area contributed by atoms with Gasteiger partial charge in [0, 0.05) is 43.8 Å². The van der Waals surface area contributed by atoms with Crippen molar-refractivity contribution >= 4 is 11.8 Å². The first-order chi connectivity index (χ1) is 15.8. The maximum atomic E-state index is 6.01. The lowest BCUT2D eigenvalue weighted by Crippen LogP contribution is -2.34. The summed E-state index contributed by atoms with van der Waals surface area (Å²) in [5.41, 5.74) is 1.39. The lowest BCUT2D eigenvalue weighted by atomic mass is 9.91. The fraction of sp³-hybridized carbons (Fsp3) is 0.760. The van der Waals surface area contributed by atoms with Crippen molar-refractivity contribution in [3.63, 3.8) is 0 Å². The van der Waals surface area contributed by atoms with Crippen molar-refractivity contribution in [1.82, 2.24) is 24.2 Å². The first-order valence-electron chi connectivity index (χ1n) is 12.8. The van der Waals surface area contributed by atoms with Crippen LogP contribution in [0.5, 0.6) is 0 Å². The topological polar surface area (TPSA) is 48.1 Å². The highest BCUT2D eigenvalue weighted by molar-refractivity contribution is 7.99. The molecule has 0 bridgehead atoms. The number of hydrogen-bond acceptors (Lipinski definition) is 5. The molecule has 5 rings (SSSR count). The monoisotopic (exact) mass is 457 g/mol. The number of piperidine rings is 1. The lowest BCUT2D eigenvalue weighted by molar-refractivity contribution is 0.0931. The molecule has 2 saturated heterocycles. The molecule has 0 aromatic carbocycles. The quantitative estimate of drug-likeness (QED) is 0.531. The predicted molar refractivity (Wildman–Crippen MR) is 129 cm³/mol. The van der Waals surface area contributed by atoms with Crippen molar-refractivity contribution in [2.45, 2.75) is 88.1 Å². The van der Waals surface area contributed by atoms with Gasteiger partial charge in [0.15, 0.2) is 5.16 Å². The van der Waals surface area contributed by atoms with Gasteiger partial charge in [-0.05, 0) is 69.7 Å². The van der Waals surface area contributed by atoms with E-state index in [1.807, 2.05) is 11.8 Å². The van der Waals surface area contributed by atoms with Gasteiger partial charge >= 0.3 is 0 Å². The van der Waals surface area contributed by atoms with Crippen molar-refractivity contribution < 1.29 is 4.74 Å². The highest BCUT2D eigenvalue weighted by atomic mass is 32.2. The average Bonchev–Trinajstić information content (AvgIpc) is 3.57. The number of rotatable bonds is 8. The molecule has 2 aliphatic heterocycles. The van der Waals surface area contributed by atoms with E-state index in [1.165, 1.54) is 75.1 Å². The molecule has 0 spiro atoms. The summed E-state index contributed by atoms with van der Waals surface area (Å²) in [5.74, 6) is 3.77. The second-order valence-electron chi connectivity index (χ2n) is 10.1. The Morgan fingerprint density at radius 2 is 1.88 bits per heavy atom. The van der Waals surface area contributed by atoms with Crippen LogP contribution in [0.4, 0.5) is 0 Å². The van der Waals surface area contributed by atoms with Crippen LogP contribution in [0, 0.1) is 5.92 Å². The van der Waals surface area contributed by atoms with Crippen molar-refractivity contribution in [3.8, 4) is 0 Å². The van der Waals surface area contributed by atoms with E-state index in [4.69, 9.17) is 14.9 Å². The molecule has 176 valence electrons. The van der Waals surface area contributed by atoms with Crippen LogP contribution in [-0.4, -0.2) is 55.8 Å². The van der Waals surface area contributed by atoms with Crippen LogP contribution in [0.3, 0.4) is 0 Å². The number of nitrogens with zero attached hydrogens (tertiary/aromatic N) is 5. The molecular weight excluding hydrogens is 418 g/mol. The molecule has 32 heavy (non-hydrogen) atoms. The second kappa shape index (κ2) is 10.7. The minimum absolute atomic E-state index is 0.330. The molecule has 4 heterocycles. The Labute approximate surface area is 197 Å². The normalized spacial score (nSPS) is 23.8. The molecule has 1 saturated carbocycles. The van der Waals surface area contributed by atoms with Crippen molar-refractivity contribution in [3.05, 3.63) is 29.8 Å². The summed E-state index contributed by atoms with van der Waals surface area (Å²) >= 11 is 1.95. The molecule has 0 amide bonds. The van der Waals surface area contributed by atoms with Crippen LogP contribution in [0.15, 0.2) is 23.5 Å². The Bertz CT molecular complexity index is 844. The fourth-order valence-corrected chi connectivity index (χ4v) is 6.80. The molecule has 0 radical (unpaired) electrons. The van der Waals surface area contributed by atoms with E-state index in [0.29, 0.717) is 12.0 Å². The van der Waals surface area contributed by atoms with Crippen LogP contribution in [0.1, 0.15) is 75.2 Å². The van der Waals surface area contributed by atoms with Gasteiger partial charge in [-0.2, -0.15) is 0 Å². The van der Waals surface area contributed by atoms with Gasteiger partial charge in [-0.15, -0.1) is 10.2 Å². The van der Waals surface area contributed by atoms with Gasteiger partial charge in [0.1, 0.15) is 5.82 Å². The molecule has 2 aromatic rings. The maximum Gasteiger partial charge on any atom is 0.191 e. The number of aryl methyl sites for hydroxylation is 1. The first-order valence-corrected chi connectivity index (χ1v) is 13.7. The van der Waals surface area contributed by atoms with Gasteiger partial charge in [0.2, 0.25) is 0 Å². The van der Waals surface area contributed by atoms with E-state index in [2.05, 4.69) is 39.4 Å². The Morgan fingerprint density at radius 1 is 1.03 bits per heavy atom. The SMILES string of the molecule is Cn1cccc1CN1CCC(c2nnc(SCC3CCCCC3)n2CC2CCCO2)CC1. The van der Waals surface area contributed by atoms with Crippen molar-refractivity contribution in [2.75, 3.05) is 25.4 Å². The molecule has 0 N–H and O–H groups in total. The number of aromatic nitrogens is 4. The Balaban J connectivity index is 1.24. The number of likely N-dealkylation sites (tertiary alicyclic amines) is 1. The average molecular weight is 458 g/mol. The van der Waals surface area contributed by atoms with E-state index in [0.717, 1.165) is 43.9 Å². The molecule has 3 fully saturated rings. The van der Waals surface area contributed by atoms with Gasteiger partial charge in [-0.25, -0.2) is 0 Å². The van der Waals surface area contributed by atoms with Crippen molar-refractivity contribution in [1.29, 1.82) is 0 Å². The van der Waals surface area contributed by atoms with Crippen LogP contribution in [0.2, 0.25) is 0 Å². The van der Waals surface area contributed by atoms with E-state index in [9.17, 15) is 0 Å². The van der Waals surface area contributed by atoms with E-state index in [1.54, 1.807) is 0 Å². The van der Waals surface area contributed by atoms with E-state index >= 15 is 0 Å². The fourth-order valence-electron chi connectivity index (χ4n) is 5.66. The van der Waals surface area contributed by atoms with Gasteiger partial charge in [-0.1, -0.05) is 31.0 Å². The van der Waals surface area contributed by atoms with Crippen LogP contribution in [0.25, 0.3) is 0 Å². The summed E-state index contributed by atoms with van der Waals surface area (Å²) in [4.78, 5) is 2.59. The zero-order chi connectivity index (χ0) is 21.8. The number of hydrogen-bond donors (Lipinski definition) is 0. The van der Waals surface area contributed by atoms with Crippen LogP contribution in [-0.2, 0) is 24.9 Å². The second-order valence-corrected chi connectivity index (χ2v) is 11.0. The minimum Gasteiger partial charge on any atom is -0.376 e. The molecule has 1 aliphatic carbocycles. The van der Waals surface area contributed by atoms with Gasteiger partial charge in [0.25, 0.3) is 0 Å². The molecule has 1 unspecified atom stereocenters. The molecular formula is C25H39N5OS. The van der Waals surface area contributed by atoms with Gasteiger partial charge < -0.3 is 13.9 Å². The number of thioether (sulfide) groups is 1. The van der Waals surface area contributed by atoms with Crippen LogP contribution < -0.4 is 0 Å². The standard InChI is InChI=1S/C25H39N5OS/c1-28-13-5-9-22(28)17-29-14-11-21(12-15-29)24-26-27-25(30(24)18-23-10-6-16-31-23)32-19-20-7-3-2-4-8-20/h5,9,13,20-21,23H,2-4,6-8,10-12,14-19H2,1H3. The molecule has 3 aliphatic rings. The zero-order valence-corrected chi connectivity index (χ0v) is 20.4. The third-order valence-electron chi connectivity index (χ3n) is 7.72. The molecule has 7 heteroatoms. The Kier molecular flexibility index (Phi) is 7.55. The summed E-state index contributed by atoms with van der Waals surface area (Å²) < 4.78 is 10.7. The summed E-state index contributed by atoms with van der Waals surface area (Å²) in [5, 5.41) is 10.6. The first kappa shape index (κ1) is 22.5. The Morgan fingerprint density at radius 3 is 2.59 bits per heavy atom. The predicted octanol–water partition coefficient (Wildman–Crippen LogP) is 4.85. The van der Waals surface area contributed by atoms with E-state index in [-0.39, 0.29) is 0 Å². The van der Waals surface area contributed by atoms with Gasteiger partial charge in [0.05, 0.1) is 12.6 Å². The Hall–Kier alpha value is -1.31. The van der Waals surface area contributed by atoms with E-state index < -0.39 is 0 Å². The summed E-state index contributed by atoms with van der Waals surface area (Å²) in [7, 11) is 2.14. The highest BCUT2D eigenvalue weighted by Gasteiger charge is 2.29. The van der Waals surface area contributed by atoms with Gasteiger partial charge in [-0.3, -0.25) is 4.90 Å². The largest absolute Gasteiger partial charge is 0.376 e. The summed E-state index contributed by atoms with van der Waals surface area (Å²) in [6.45, 7) is 5.14. The minimum atomic E-state index is 0.330. The van der Waals surface area contributed by atoms with Crippen molar-refractivity contribution in [2.24, 2.45) is 13.0 Å². The smallest absolute Gasteiger partial charge is 0.191 e. The third-order valence-corrected chi connectivity index (χ3v) is 8.92. The summed E-state index contributed by atoms with van der Waals surface area (Å²) in [6, 6.07) is 4.38. The third kappa shape index (κ3) is 5.42. The molecule has 6 nitrogen and oxygen atoms in total. The lowest BCUT2D eigenvalue weighted by Gasteiger charge is -2.32. The molecule has 1 atom stereocenters. The van der Waals surface area contributed by atoms with Crippen LogP contribution >= 0.6 is 11.8 Å². The highest BCUT2D eigenvalue weighted by Crippen LogP contribution is 2.33. The molecule has 2 aromatic heterocycles. The summed E-state index contributed by atoms with van der Waals surface area (Å²) in [6.07, 6.45) is 14.2.